The van der Waals surface area contributed by atoms with Gasteiger partial charge in [0.15, 0.2) is 0 Å². The van der Waals surface area contributed by atoms with Crippen molar-refractivity contribution in [2.45, 2.75) is 58.9 Å². The van der Waals surface area contributed by atoms with Crippen LogP contribution in [0.5, 0.6) is 0 Å². The van der Waals surface area contributed by atoms with Crippen LogP contribution in [0, 0.1) is 11.6 Å². The first-order valence-electron chi connectivity index (χ1n) is 14.8. The predicted molar refractivity (Wildman–Crippen MR) is 180 cm³/mol. The van der Waals surface area contributed by atoms with Gasteiger partial charge in [0.1, 0.15) is 17.7 Å². The first-order chi connectivity index (χ1) is 21.4. The Hall–Kier alpha value is -4.21. The van der Waals surface area contributed by atoms with E-state index in [2.05, 4.69) is 42.2 Å². The van der Waals surface area contributed by atoms with E-state index in [9.17, 15) is 13.9 Å². The molecule has 0 radical (unpaired) electrons. The summed E-state index contributed by atoms with van der Waals surface area (Å²) in [6.45, 7) is 6.97. The normalized spacial score (nSPS) is 11.2. The Kier molecular flexibility index (Phi) is 13.9. The number of aliphatic hydroxyl groups is 1. The molecule has 1 unspecified atom stereocenters. The number of fused-ring (bicyclic) bond motifs is 2. The zero-order valence-corrected chi connectivity index (χ0v) is 25.9. The summed E-state index contributed by atoms with van der Waals surface area (Å²) in [6, 6.07) is 21.2. The van der Waals surface area contributed by atoms with Crippen LogP contribution in [0.15, 0.2) is 97.8 Å². The van der Waals surface area contributed by atoms with Crippen molar-refractivity contribution >= 4 is 30.6 Å². The smallest absolute Gasteiger partial charge is 0.269 e. The van der Waals surface area contributed by atoms with Crippen LogP contribution >= 0.6 is 0 Å². The van der Waals surface area contributed by atoms with Gasteiger partial charge in [0.05, 0.1) is 0 Å². The zero-order valence-electron chi connectivity index (χ0n) is 25.7. The second-order valence-electron chi connectivity index (χ2n) is 10.2. The number of rotatable bonds is 7. The van der Waals surface area contributed by atoms with Crippen LogP contribution in [0.2, 0.25) is 18.1 Å². The van der Waals surface area contributed by atoms with Crippen LogP contribution in [0.3, 0.4) is 0 Å². The maximum atomic E-state index is 13.3. The number of aromatic nitrogens is 4. The molecular weight excluding hydrogens is 577 g/mol. The Bertz CT molecular complexity index is 1670. The number of nitrogens with one attached hydrogen (secondary N) is 2. The monoisotopic (exact) mass is 622 g/mol. The summed E-state index contributed by atoms with van der Waals surface area (Å²) in [5.74, 6) is -0.515. The van der Waals surface area contributed by atoms with Crippen molar-refractivity contribution < 1.29 is 18.6 Å². The number of hydrogen-bond acceptors (Lipinski definition) is 3. The van der Waals surface area contributed by atoms with Gasteiger partial charge in [-0.25, -0.2) is 8.78 Å². The number of pyridine rings is 2. The van der Waals surface area contributed by atoms with E-state index in [0.717, 1.165) is 34.0 Å². The highest BCUT2D eigenvalue weighted by Crippen LogP contribution is 2.29. The predicted octanol–water partition coefficient (Wildman–Crippen LogP) is 9.14. The van der Waals surface area contributed by atoms with Gasteiger partial charge in [-0.2, -0.15) is 0 Å². The molecule has 1 atom stereocenters. The van der Waals surface area contributed by atoms with Crippen molar-refractivity contribution in [3.63, 3.8) is 0 Å². The summed E-state index contributed by atoms with van der Waals surface area (Å²) in [7, 11) is -0.171. The molecule has 4 aromatic heterocycles. The molecule has 0 fully saturated rings. The zero-order chi connectivity index (χ0) is 31.9. The van der Waals surface area contributed by atoms with Gasteiger partial charge in [-0.3, -0.25) is 14.7 Å². The molecular formula is C35H43F3N4OSi. The average molecular weight is 623 g/mol. The molecule has 0 amide bonds. The van der Waals surface area contributed by atoms with Crippen LogP contribution in [0.25, 0.3) is 21.8 Å². The van der Waals surface area contributed by atoms with Crippen molar-refractivity contribution in [2.75, 3.05) is 0 Å². The second kappa shape index (κ2) is 17.8. The lowest BCUT2D eigenvalue weighted by Crippen LogP contribution is -2.04. The molecule has 9 heteroatoms. The molecule has 3 N–H and O–H groups in total. The van der Waals surface area contributed by atoms with Gasteiger partial charge < -0.3 is 15.1 Å². The van der Waals surface area contributed by atoms with Gasteiger partial charge in [-0.1, -0.05) is 46.3 Å². The highest BCUT2D eigenvalue weighted by Gasteiger charge is 2.15. The summed E-state index contributed by atoms with van der Waals surface area (Å²) in [5, 5.41) is 11.9. The summed E-state index contributed by atoms with van der Waals surface area (Å²) < 4.78 is 39.5. The lowest BCUT2D eigenvalue weighted by atomic mass is 10.0. The number of H-pyrrole nitrogens is 2. The molecule has 6 aromatic rings. The van der Waals surface area contributed by atoms with Crippen LogP contribution in [0.1, 0.15) is 56.6 Å². The van der Waals surface area contributed by atoms with Gasteiger partial charge in [-0.15, -0.1) is 0 Å². The number of nitrogens with zero attached hydrogens (tertiary/aromatic N) is 2. The van der Waals surface area contributed by atoms with Gasteiger partial charge in [-0.05, 0) is 83.8 Å². The Morgan fingerprint density at radius 2 is 1.27 bits per heavy atom. The Labute approximate surface area is 260 Å². The van der Waals surface area contributed by atoms with Crippen LogP contribution in [0.4, 0.5) is 13.5 Å². The van der Waals surface area contributed by atoms with Gasteiger partial charge in [0.2, 0.25) is 0 Å². The standard InChI is InChI=1S/C14H11FN2O.C14H11FN2.C6H16Si.CH4.FH/c15-10-1-2-13-11(7-10)12(8-17-13)14(18)9-3-5-16-6-4-9;15-12-1-2-14-13(8-12)11(9-17-14)7-10-3-5-16-6-4-10;1-4-7(5-2)6-3;;/h1-8,14,17-18H;1-6,8-9,17H,7H2;7H,4-6H2,1-3H3;1H4;1H/i/hT. The van der Waals surface area contributed by atoms with Gasteiger partial charge in [0, 0.05) is 73.3 Å². The summed E-state index contributed by atoms with van der Waals surface area (Å²) in [4.78, 5) is 14.1. The van der Waals surface area contributed by atoms with Crippen LogP contribution < -0.4 is 0 Å². The minimum atomic E-state index is -0.788. The fourth-order valence-electron chi connectivity index (χ4n) is 4.95. The molecule has 0 aliphatic rings. The fraction of sp³-hybridized carbons (Fsp3) is 0.257. The number of halogens is 3. The van der Waals surface area contributed by atoms with Gasteiger partial charge >= 0.3 is 0 Å². The quantitative estimate of drug-likeness (QED) is 0.155. The number of benzene rings is 2. The third-order valence-electron chi connectivity index (χ3n) is 7.60. The lowest BCUT2D eigenvalue weighted by Gasteiger charge is -2.09. The number of aliphatic hydroxyl groups excluding tert-OH is 1. The Morgan fingerprint density at radius 3 is 1.82 bits per heavy atom. The van der Waals surface area contributed by atoms with E-state index in [-0.39, 0.29) is 27.9 Å². The average Bonchev–Trinajstić information content (AvgIpc) is 3.67. The van der Waals surface area contributed by atoms with Crippen molar-refractivity contribution in [3.05, 3.63) is 132 Å². The van der Waals surface area contributed by atoms with Crippen molar-refractivity contribution in [2.24, 2.45) is 0 Å². The van der Waals surface area contributed by atoms with E-state index in [0.29, 0.717) is 10.9 Å². The second-order valence-corrected chi connectivity index (χ2v) is 14.4. The van der Waals surface area contributed by atoms with E-state index in [1.807, 2.05) is 18.3 Å². The topological polar surface area (TPSA) is 77.6 Å². The fourth-order valence-corrected chi connectivity index (χ4v) is 6.68. The van der Waals surface area contributed by atoms with Gasteiger partial charge in [0.25, 0.3) is 1.45 Å². The lowest BCUT2D eigenvalue weighted by molar-refractivity contribution is 0.222. The maximum absolute atomic E-state index is 13.3. The molecule has 0 bridgehead atoms. The van der Waals surface area contributed by atoms with Crippen molar-refractivity contribution in [1.29, 1.82) is 1.45 Å². The largest absolute Gasteiger partial charge is 0.384 e. The molecule has 0 saturated heterocycles. The molecule has 0 aliphatic carbocycles. The Morgan fingerprint density at radius 1 is 0.773 bits per heavy atom. The van der Waals surface area contributed by atoms with Crippen molar-refractivity contribution in [3.8, 4) is 0 Å². The molecule has 234 valence electrons. The van der Waals surface area contributed by atoms with Crippen LogP contribution in [-0.4, -0.2) is 35.3 Å². The SMILES string of the molecule is C.CC[SiH](CC)CC.Fc1ccc2[nH]cc(Cc3ccncc3)c2c1.OC(c1ccncc1)c1c[nH]c2ccc(F)cc12.[3H]F. The first-order valence-corrected chi connectivity index (χ1v) is 16.9. The first kappa shape index (κ1) is 34.3. The maximum Gasteiger partial charge on any atom is 0.269 e. The minimum absolute atomic E-state index is 0. The number of hydrogen-bond donors (Lipinski definition) is 3. The summed E-state index contributed by atoms with van der Waals surface area (Å²) >= 11 is 0. The molecule has 4 heterocycles. The summed E-state index contributed by atoms with van der Waals surface area (Å²) in [5.41, 5.74) is 5.44. The summed E-state index contributed by atoms with van der Waals surface area (Å²) in [6.07, 6.45) is 10.4. The third-order valence-corrected chi connectivity index (χ3v) is 11.1. The molecule has 0 spiro atoms. The molecule has 0 aliphatic heterocycles. The van der Waals surface area contributed by atoms with E-state index in [1.165, 1.54) is 41.9 Å². The Balaban J connectivity index is 0.000000245. The van der Waals surface area contributed by atoms with E-state index in [4.69, 9.17) is 4.72 Å². The minimum Gasteiger partial charge on any atom is -0.384 e. The molecule has 0 saturated carbocycles. The molecule has 2 aromatic carbocycles. The van der Waals surface area contributed by atoms with E-state index in [1.54, 1.807) is 61.3 Å². The molecule has 6 rings (SSSR count). The van der Waals surface area contributed by atoms with E-state index >= 15 is 0 Å². The molecule has 44 heavy (non-hydrogen) atoms. The van der Waals surface area contributed by atoms with E-state index < -0.39 is 6.10 Å². The highest BCUT2D eigenvalue weighted by molar-refractivity contribution is 6.58. The van der Waals surface area contributed by atoms with Crippen LogP contribution in [-0.2, 0) is 6.42 Å². The number of aromatic amines is 2. The highest BCUT2D eigenvalue weighted by atomic mass is 28.3. The third kappa shape index (κ3) is 9.39. The van der Waals surface area contributed by atoms with Crippen molar-refractivity contribution in [1.82, 2.24) is 19.9 Å². The molecule has 5 nitrogen and oxygen atoms in total.